The van der Waals surface area contributed by atoms with Crippen LogP contribution in [0.5, 0.6) is 0 Å². The molecule has 1 atom stereocenters. The van der Waals surface area contributed by atoms with E-state index in [1.165, 1.54) is 17.6 Å². The molecule has 1 aromatic carbocycles. The van der Waals surface area contributed by atoms with Gasteiger partial charge in [0, 0.05) is 18.7 Å². The Morgan fingerprint density at radius 3 is 2.59 bits per heavy atom. The van der Waals surface area contributed by atoms with Crippen molar-refractivity contribution in [2.75, 3.05) is 23.3 Å². The van der Waals surface area contributed by atoms with Gasteiger partial charge in [0.15, 0.2) is 0 Å². The van der Waals surface area contributed by atoms with Crippen molar-refractivity contribution >= 4 is 17.4 Å². The highest BCUT2D eigenvalue weighted by molar-refractivity contribution is 5.93. The van der Waals surface area contributed by atoms with Crippen molar-refractivity contribution in [1.29, 1.82) is 0 Å². The van der Waals surface area contributed by atoms with Gasteiger partial charge in [-0.1, -0.05) is 30.3 Å². The number of carbonyl (C=O) groups is 1. The van der Waals surface area contributed by atoms with Crippen molar-refractivity contribution in [3.63, 3.8) is 0 Å². The molecular weight excluding hydrogens is 342 g/mol. The molecule has 0 radical (unpaired) electrons. The van der Waals surface area contributed by atoms with Crippen LogP contribution >= 0.6 is 0 Å². The molecule has 2 aromatic heterocycles. The summed E-state index contributed by atoms with van der Waals surface area (Å²) in [7, 11) is 0. The molecule has 1 aliphatic heterocycles. The van der Waals surface area contributed by atoms with Gasteiger partial charge < -0.3 is 10.2 Å². The number of pyridine rings is 1. The third-order valence-electron chi connectivity index (χ3n) is 4.63. The van der Waals surface area contributed by atoms with Gasteiger partial charge >= 0.3 is 0 Å². The van der Waals surface area contributed by atoms with E-state index in [4.69, 9.17) is 0 Å². The molecule has 27 heavy (non-hydrogen) atoms. The Kier molecular flexibility index (Phi) is 4.78. The maximum absolute atomic E-state index is 12.5. The van der Waals surface area contributed by atoms with Crippen LogP contribution in [-0.4, -0.2) is 44.2 Å². The quantitative estimate of drug-likeness (QED) is 0.749. The number of aromatic nitrogens is 5. The molecule has 1 amide bonds. The molecule has 0 spiro atoms. The zero-order valence-electron chi connectivity index (χ0n) is 15.1. The monoisotopic (exact) mass is 363 g/mol. The number of hydrogen-bond acceptors (Lipinski definition) is 6. The Labute approximate surface area is 157 Å². The summed E-state index contributed by atoms with van der Waals surface area (Å²) in [4.78, 5) is 20.5. The van der Waals surface area contributed by atoms with E-state index < -0.39 is 6.04 Å². The summed E-state index contributed by atoms with van der Waals surface area (Å²) in [6.07, 6.45) is 4.09. The first-order valence-electron chi connectivity index (χ1n) is 9.07. The lowest BCUT2D eigenvalue weighted by molar-refractivity contribution is -0.119. The van der Waals surface area contributed by atoms with Crippen LogP contribution in [0.15, 0.2) is 48.7 Å². The summed E-state index contributed by atoms with van der Waals surface area (Å²) in [6.45, 7) is 3.81. The zero-order valence-corrected chi connectivity index (χ0v) is 15.1. The summed E-state index contributed by atoms with van der Waals surface area (Å²) in [6, 6.07) is 12.8. The van der Waals surface area contributed by atoms with Crippen LogP contribution < -0.4 is 10.2 Å². The summed E-state index contributed by atoms with van der Waals surface area (Å²) in [5.41, 5.74) is 1.51. The van der Waals surface area contributed by atoms with E-state index in [1.807, 2.05) is 42.5 Å². The first-order chi connectivity index (χ1) is 13.2. The van der Waals surface area contributed by atoms with E-state index in [0.29, 0.717) is 11.5 Å². The van der Waals surface area contributed by atoms with Gasteiger partial charge in [-0.2, -0.15) is 4.80 Å². The van der Waals surface area contributed by atoms with Crippen molar-refractivity contribution in [2.24, 2.45) is 0 Å². The van der Waals surface area contributed by atoms with E-state index in [1.54, 1.807) is 13.1 Å². The van der Waals surface area contributed by atoms with E-state index in [0.717, 1.165) is 24.5 Å². The van der Waals surface area contributed by atoms with Crippen LogP contribution in [0.4, 0.5) is 11.5 Å². The fourth-order valence-electron chi connectivity index (χ4n) is 3.04. The predicted molar refractivity (Wildman–Crippen MR) is 102 cm³/mol. The standard InChI is InChI=1S/C19H21N7O/c1-14(26-23-18(22-24-26)15-7-3-2-4-8-15)19(27)21-16-9-10-17(20-13-16)25-11-5-6-12-25/h2-4,7-10,13-14H,5-6,11-12H2,1H3,(H,21,27). The average molecular weight is 363 g/mol. The van der Waals surface area contributed by atoms with Crippen LogP contribution in [0.1, 0.15) is 25.8 Å². The molecular formula is C19H21N7O. The Balaban J connectivity index is 1.41. The highest BCUT2D eigenvalue weighted by Crippen LogP contribution is 2.20. The lowest BCUT2D eigenvalue weighted by Gasteiger charge is -2.16. The minimum Gasteiger partial charge on any atom is -0.357 e. The molecule has 8 heteroatoms. The Hall–Kier alpha value is -3.29. The molecule has 1 fully saturated rings. The highest BCUT2D eigenvalue weighted by Gasteiger charge is 2.19. The van der Waals surface area contributed by atoms with Crippen molar-refractivity contribution in [3.8, 4) is 11.4 Å². The van der Waals surface area contributed by atoms with Gasteiger partial charge in [-0.25, -0.2) is 4.98 Å². The number of anilines is 2. The van der Waals surface area contributed by atoms with E-state index in [2.05, 4.69) is 30.6 Å². The molecule has 0 saturated carbocycles. The minimum atomic E-state index is -0.590. The third kappa shape index (κ3) is 3.79. The maximum Gasteiger partial charge on any atom is 0.250 e. The van der Waals surface area contributed by atoms with Gasteiger partial charge in [-0.05, 0) is 37.1 Å². The molecule has 0 bridgehead atoms. The number of nitrogens with zero attached hydrogens (tertiary/aromatic N) is 6. The number of carbonyl (C=O) groups excluding carboxylic acids is 1. The molecule has 3 heterocycles. The second kappa shape index (κ2) is 7.53. The fourth-order valence-corrected chi connectivity index (χ4v) is 3.04. The summed E-state index contributed by atoms with van der Waals surface area (Å²) in [5.74, 6) is 1.22. The summed E-state index contributed by atoms with van der Waals surface area (Å²) < 4.78 is 0. The topological polar surface area (TPSA) is 88.8 Å². The molecule has 8 nitrogen and oxygen atoms in total. The number of rotatable bonds is 5. The highest BCUT2D eigenvalue weighted by atomic mass is 16.2. The molecule has 4 rings (SSSR count). The summed E-state index contributed by atoms with van der Waals surface area (Å²) >= 11 is 0. The van der Waals surface area contributed by atoms with Gasteiger partial charge in [0.25, 0.3) is 5.91 Å². The summed E-state index contributed by atoms with van der Waals surface area (Å²) in [5, 5.41) is 15.2. The number of hydrogen-bond donors (Lipinski definition) is 1. The predicted octanol–water partition coefficient (Wildman–Crippen LogP) is 2.54. The molecule has 138 valence electrons. The van der Waals surface area contributed by atoms with E-state index in [-0.39, 0.29) is 5.91 Å². The van der Waals surface area contributed by atoms with Gasteiger partial charge in [0.2, 0.25) is 5.82 Å². The largest absolute Gasteiger partial charge is 0.357 e. The third-order valence-corrected chi connectivity index (χ3v) is 4.63. The first kappa shape index (κ1) is 17.1. The van der Waals surface area contributed by atoms with Crippen molar-refractivity contribution in [1.82, 2.24) is 25.2 Å². The average Bonchev–Trinajstić information content (AvgIpc) is 3.41. The van der Waals surface area contributed by atoms with Gasteiger partial charge in [-0.15, -0.1) is 10.2 Å². The van der Waals surface area contributed by atoms with Crippen LogP contribution in [0.25, 0.3) is 11.4 Å². The number of tetrazole rings is 1. The number of amides is 1. The molecule has 3 aromatic rings. The lowest BCUT2D eigenvalue weighted by atomic mass is 10.2. The SMILES string of the molecule is CC(C(=O)Nc1ccc(N2CCCC2)nc1)n1nnc(-c2ccccc2)n1. The Morgan fingerprint density at radius 1 is 1.11 bits per heavy atom. The van der Waals surface area contributed by atoms with E-state index in [9.17, 15) is 4.79 Å². The van der Waals surface area contributed by atoms with Crippen LogP contribution in [-0.2, 0) is 4.79 Å². The van der Waals surface area contributed by atoms with E-state index >= 15 is 0 Å². The van der Waals surface area contributed by atoms with Gasteiger partial charge in [-0.3, -0.25) is 4.79 Å². The van der Waals surface area contributed by atoms with Gasteiger partial charge in [0.1, 0.15) is 11.9 Å². The number of nitrogens with one attached hydrogen (secondary N) is 1. The first-order valence-corrected chi connectivity index (χ1v) is 9.07. The van der Waals surface area contributed by atoms with Crippen LogP contribution in [0.3, 0.4) is 0 Å². The van der Waals surface area contributed by atoms with Crippen molar-refractivity contribution < 1.29 is 4.79 Å². The normalized spacial score (nSPS) is 14.9. The number of benzene rings is 1. The van der Waals surface area contributed by atoms with Crippen molar-refractivity contribution in [2.45, 2.75) is 25.8 Å². The molecule has 0 aliphatic carbocycles. The van der Waals surface area contributed by atoms with Crippen LogP contribution in [0.2, 0.25) is 0 Å². The minimum absolute atomic E-state index is 0.220. The van der Waals surface area contributed by atoms with Crippen LogP contribution in [0, 0.1) is 0 Å². The molecule has 1 N–H and O–H groups in total. The Morgan fingerprint density at radius 2 is 1.89 bits per heavy atom. The Bertz CT molecular complexity index is 901. The second-order valence-electron chi connectivity index (χ2n) is 6.56. The molecule has 1 aliphatic rings. The second-order valence-corrected chi connectivity index (χ2v) is 6.56. The maximum atomic E-state index is 12.5. The lowest BCUT2D eigenvalue weighted by Crippen LogP contribution is -2.25. The van der Waals surface area contributed by atoms with Crippen molar-refractivity contribution in [3.05, 3.63) is 48.7 Å². The zero-order chi connectivity index (χ0) is 18.6. The fraction of sp³-hybridized carbons (Fsp3) is 0.316. The smallest absolute Gasteiger partial charge is 0.250 e. The van der Waals surface area contributed by atoms with Gasteiger partial charge in [0.05, 0.1) is 11.9 Å². The molecule has 1 saturated heterocycles. The molecule has 1 unspecified atom stereocenters.